The lowest BCUT2D eigenvalue weighted by Gasteiger charge is -2.48. The molecule has 0 aliphatic carbocycles. The third kappa shape index (κ3) is 4.03. The number of imidazole rings is 1. The van der Waals surface area contributed by atoms with Crippen LogP contribution in [0.1, 0.15) is 42.0 Å². The van der Waals surface area contributed by atoms with Crippen molar-refractivity contribution < 1.29 is 9.59 Å². The number of hydrogen-bond acceptors (Lipinski definition) is 4. The van der Waals surface area contributed by atoms with Crippen LogP contribution in [0.2, 0.25) is 0 Å². The second-order valence-electron chi connectivity index (χ2n) is 7.86. The minimum absolute atomic E-state index is 0.0242. The number of aryl methyl sites for hydroxylation is 1. The molecule has 2 aliphatic rings. The number of nitrogens with one attached hydrogen (secondary N) is 1. The smallest absolute Gasteiger partial charge is 0.289 e. The molecule has 3 rings (SSSR count). The molecule has 2 amide bonds. The number of likely N-dealkylation sites (tertiary alicyclic amines) is 2. The van der Waals surface area contributed by atoms with Gasteiger partial charge in [-0.1, -0.05) is 0 Å². The average molecular weight is 347 g/mol. The van der Waals surface area contributed by atoms with Crippen molar-refractivity contribution in [2.24, 2.45) is 5.41 Å². The van der Waals surface area contributed by atoms with E-state index in [1.54, 1.807) is 6.20 Å². The van der Waals surface area contributed by atoms with Gasteiger partial charge >= 0.3 is 0 Å². The number of amides is 2. The van der Waals surface area contributed by atoms with Crippen molar-refractivity contribution in [3.63, 3.8) is 0 Å². The number of carbonyl (C=O) groups excluding carboxylic acids is 2. The molecule has 2 saturated heterocycles. The van der Waals surface area contributed by atoms with Gasteiger partial charge in [0.05, 0.1) is 0 Å². The maximum Gasteiger partial charge on any atom is 0.289 e. The summed E-state index contributed by atoms with van der Waals surface area (Å²) < 4.78 is 0. The van der Waals surface area contributed by atoms with E-state index >= 15 is 0 Å². The zero-order chi connectivity index (χ0) is 18.0. The first-order valence-corrected chi connectivity index (χ1v) is 9.12. The van der Waals surface area contributed by atoms with E-state index in [1.807, 2.05) is 30.8 Å². The lowest BCUT2D eigenvalue weighted by molar-refractivity contribution is -0.139. The van der Waals surface area contributed by atoms with Gasteiger partial charge in [-0.3, -0.25) is 9.59 Å². The lowest BCUT2D eigenvalue weighted by atomic mass is 9.73. The summed E-state index contributed by atoms with van der Waals surface area (Å²) in [5, 5.41) is 0. The normalized spacial score (nSPS) is 24.4. The molecule has 0 aromatic carbocycles. The molecular weight excluding hydrogens is 318 g/mol. The van der Waals surface area contributed by atoms with Gasteiger partial charge in [0.15, 0.2) is 5.82 Å². The van der Waals surface area contributed by atoms with Crippen LogP contribution < -0.4 is 0 Å². The molecule has 2 aliphatic heterocycles. The Hall–Kier alpha value is -1.89. The van der Waals surface area contributed by atoms with E-state index in [1.165, 1.54) is 0 Å². The van der Waals surface area contributed by atoms with Gasteiger partial charge < -0.3 is 19.7 Å². The molecule has 25 heavy (non-hydrogen) atoms. The Morgan fingerprint density at radius 2 is 2.16 bits per heavy atom. The zero-order valence-electron chi connectivity index (χ0n) is 15.5. The minimum Gasteiger partial charge on any atom is -0.341 e. The van der Waals surface area contributed by atoms with Crippen LogP contribution in [0.5, 0.6) is 0 Å². The fourth-order valence-electron chi connectivity index (χ4n) is 4.01. The molecule has 3 heterocycles. The number of nitrogens with zero attached hydrogens (tertiary/aromatic N) is 4. The topological polar surface area (TPSA) is 72.5 Å². The fraction of sp³-hybridized carbons (Fsp3) is 0.722. The summed E-state index contributed by atoms with van der Waals surface area (Å²) in [6.07, 6.45) is 5.23. The highest BCUT2D eigenvalue weighted by Gasteiger charge is 2.43. The van der Waals surface area contributed by atoms with E-state index in [4.69, 9.17) is 0 Å². The zero-order valence-corrected chi connectivity index (χ0v) is 15.5. The predicted molar refractivity (Wildman–Crippen MR) is 95.3 cm³/mol. The summed E-state index contributed by atoms with van der Waals surface area (Å²) in [5.41, 5.74) is 0.934. The van der Waals surface area contributed by atoms with Crippen molar-refractivity contribution in [3.8, 4) is 0 Å². The molecule has 1 aromatic rings. The molecule has 138 valence electrons. The monoisotopic (exact) mass is 347 g/mol. The van der Waals surface area contributed by atoms with Crippen LogP contribution >= 0.6 is 0 Å². The Balaban J connectivity index is 1.68. The highest BCUT2D eigenvalue weighted by molar-refractivity contribution is 5.90. The van der Waals surface area contributed by atoms with Crippen molar-refractivity contribution in [1.29, 1.82) is 0 Å². The molecule has 2 fully saturated rings. The first-order valence-electron chi connectivity index (χ1n) is 9.12. The summed E-state index contributed by atoms with van der Waals surface area (Å²) in [6.45, 7) is 5.79. The van der Waals surface area contributed by atoms with Gasteiger partial charge in [-0.05, 0) is 40.3 Å². The summed E-state index contributed by atoms with van der Waals surface area (Å²) in [6, 6.07) is 0. The van der Waals surface area contributed by atoms with Gasteiger partial charge in [-0.2, -0.15) is 0 Å². The SMILES string of the molecule is Cc1cnc(C(=O)N2CCC[C@@]3(CCC(=O)N(CCN(C)C)C3)C2)[nH]1. The number of piperidine rings is 2. The standard InChI is InChI=1S/C18H29N5O2/c1-14-11-19-16(20-14)17(25)23-8-4-6-18(13-23)7-5-15(24)22(12-18)10-9-21(2)3/h11H,4-10,12-13H2,1-3H3,(H,19,20)/t18-/m0/s1. The minimum atomic E-state index is -0.0242. The summed E-state index contributed by atoms with van der Waals surface area (Å²) >= 11 is 0. The highest BCUT2D eigenvalue weighted by atomic mass is 16.2. The largest absolute Gasteiger partial charge is 0.341 e. The van der Waals surface area contributed by atoms with Crippen molar-refractivity contribution >= 4 is 11.8 Å². The number of hydrogen-bond donors (Lipinski definition) is 1. The summed E-state index contributed by atoms with van der Waals surface area (Å²) in [4.78, 5) is 38.3. The first kappa shape index (κ1) is 17.9. The summed E-state index contributed by atoms with van der Waals surface area (Å²) in [5.74, 6) is 0.646. The second-order valence-corrected chi connectivity index (χ2v) is 7.86. The fourth-order valence-corrected chi connectivity index (χ4v) is 4.01. The predicted octanol–water partition coefficient (Wildman–Crippen LogP) is 1.12. The van der Waals surface area contributed by atoms with Crippen molar-refractivity contribution in [2.75, 3.05) is 46.8 Å². The molecule has 0 saturated carbocycles. The van der Waals surface area contributed by atoms with Crippen molar-refractivity contribution in [3.05, 3.63) is 17.7 Å². The summed E-state index contributed by atoms with van der Waals surface area (Å²) in [7, 11) is 4.05. The van der Waals surface area contributed by atoms with E-state index in [0.29, 0.717) is 12.2 Å². The van der Waals surface area contributed by atoms with E-state index < -0.39 is 0 Å². The molecule has 0 bridgehead atoms. The average Bonchev–Trinajstić information content (AvgIpc) is 3.02. The number of rotatable bonds is 4. The van der Waals surface area contributed by atoms with E-state index in [2.05, 4.69) is 14.9 Å². The number of aromatic nitrogens is 2. The number of carbonyl (C=O) groups is 2. The van der Waals surface area contributed by atoms with E-state index in [9.17, 15) is 9.59 Å². The Labute approximate surface area is 149 Å². The van der Waals surface area contributed by atoms with Crippen LogP contribution in [-0.4, -0.2) is 83.3 Å². The molecule has 7 nitrogen and oxygen atoms in total. The van der Waals surface area contributed by atoms with Gasteiger partial charge in [-0.15, -0.1) is 0 Å². The number of H-pyrrole nitrogens is 1. The molecule has 1 aromatic heterocycles. The third-order valence-electron chi connectivity index (χ3n) is 5.42. The molecular formula is C18H29N5O2. The Bertz CT molecular complexity index is 641. The van der Waals surface area contributed by atoms with Gasteiger partial charge in [0, 0.05) is 56.5 Å². The quantitative estimate of drug-likeness (QED) is 0.886. The van der Waals surface area contributed by atoms with E-state index in [0.717, 1.165) is 57.7 Å². The van der Waals surface area contributed by atoms with Gasteiger partial charge in [0.1, 0.15) is 0 Å². The first-order chi connectivity index (χ1) is 11.9. The Morgan fingerprint density at radius 3 is 2.84 bits per heavy atom. The van der Waals surface area contributed by atoms with Gasteiger partial charge in [0.2, 0.25) is 5.91 Å². The number of likely N-dealkylation sites (N-methyl/N-ethyl adjacent to an activating group) is 1. The molecule has 1 spiro atoms. The molecule has 0 unspecified atom stereocenters. The number of aromatic amines is 1. The van der Waals surface area contributed by atoms with Crippen molar-refractivity contribution in [1.82, 2.24) is 24.7 Å². The highest BCUT2D eigenvalue weighted by Crippen LogP contribution is 2.39. The Kier molecular flexibility index (Phi) is 5.13. The van der Waals surface area contributed by atoms with Crippen LogP contribution in [-0.2, 0) is 4.79 Å². The van der Waals surface area contributed by atoms with Crippen LogP contribution in [0.15, 0.2) is 6.20 Å². The van der Waals surface area contributed by atoms with E-state index in [-0.39, 0.29) is 17.2 Å². The maximum atomic E-state index is 12.7. The molecule has 7 heteroatoms. The van der Waals surface area contributed by atoms with Gasteiger partial charge in [-0.25, -0.2) is 4.98 Å². The van der Waals surface area contributed by atoms with Gasteiger partial charge in [0.25, 0.3) is 5.91 Å². The lowest BCUT2D eigenvalue weighted by Crippen LogP contribution is -2.55. The van der Waals surface area contributed by atoms with Crippen LogP contribution in [0, 0.1) is 12.3 Å². The van der Waals surface area contributed by atoms with Crippen molar-refractivity contribution in [2.45, 2.75) is 32.6 Å². The van der Waals surface area contributed by atoms with Crippen LogP contribution in [0.3, 0.4) is 0 Å². The molecule has 1 N–H and O–H groups in total. The maximum absolute atomic E-state index is 12.7. The molecule has 0 radical (unpaired) electrons. The van der Waals surface area contributed by atoms with Crippen LogP contribution in [0.4, 0.5) is 0 Å². The van der Waals surface area contributed by atoms with Crippen LogP contribution in [0.25, 0.3) is 0 Å². The molecule has 1 atom stereocenters. The second kappa shape index (κ2) is 7.15. The third-order valence-corrected chi connectivity index (χ3v) is 5.42. The Morgan fingerprint density at radius 1 is 1.36 bits per heavy atom.